The fourth-order valence-electron chi connectivity index (χ4n) is 2.63. The highest BCUT2D eigenvalue weighted by Gasteiger charge is 2.41. The Labute approximate surface area is 115 Å². The molecule has 0 saturated heterocycles. The van der Waals surface area contributed by atoms with Gasteiger partial charge in [0, 0.05) is 5.92 Å². The fraction of sp³-hybridized carbons (Fsp3) is 0.214. The molecule has 18 heavy (non-hydrogen) atoms. The van der Waals surface area contributed by atoms with Crippen molar-refractivity contribution in [1.82, 2.24) is 0 Å². The first-order valence-electron chi connectivity index (χ1n) is 5.64. The van der Waals surface area contributed by atoms with Gasteiger partial charge in [-0.1, -0.05) is 47.5 Å². The van der Waals surface area contributed by atoms with Crippen LogP contribution in [0.15, 0.2) is 57.7 Å². The molecule has 3 aliphatic carbocycles. The van der Waals surface area contributed by atoms with Gasteiger partial charge in [0.25, 0.3) is 0 Å². The first-order valence-corrected chi connectivity index (χ1v) is 6.40. The average molecular weight is 281 g/mol. The van der Waals surface area contributed by atoms with Crippen LogP contribution in [0.4, 0.5) is 0 Å². The lowest BCUT2D eigenvalue weighted by atomic mass is 9.70. The molecule has 0 aromatic heterocycles. The van der Waals surface area contributed by atoms with E-state index in [-0.39, 0.29) is 16.7 Å². The van der Waals surface area contributed by atoms with E-state index in [9.17, 15) is 9.90 Å². The van der Waals surface area contributed by atoms with Gasteiger partial charge in [0.15, 0.2) is 5.78 Å². The Morgan fingerprint density at radius 1 is 1.17 bits per heavy atom. The molecule has 0 aromatic carbocycles. The summed E-state index contributed by atoms with van der Waals surface area (Å²) in [7, 11) is 0. The molecule has 0 bridgehead atoms. The largest absolute Gasteiger partial charge is 0.386 e. The highest BCUT2D eigenvalue weighted by Crippen LogP contribution is 2.44. The van der Waals surface area contributed by atoms with Crippen molar-refractivity contribution in [2.24, 2.45) is 11.8 Å². The lowest BCUT2D eigenvalue weighted by Crippen LogP contribution is -2.37. The molecule has 3 unspecified atom stereocenters. The van der Waals surface area contributed by atoms with Crippen LogP contribution < -0.4 is 0 Å². The molecule has 0 radical (unpaired) electrons. The number of carbonyl (C=O) groups is 1. The van der Waals surface area contributed by atoms with E-state index in [1.54, 1.807) is 12.2 Å². The molecule has 0 saturated carbocycles. The molecule has 92 valence electrons. The van der Waals surface area contributed by atoms with Crippen LogP contribution in [0.3, 0.4) is 0 Å². The highest BCUT2D eigenvalue weighted by molar-refractivity contribution is 6.41. The van der Waals surface area contributed by atoms with Crippen molar-refractivity contribution in [2.45, 2.75) is 6.10 Å². The maximum Gasteiger partial charge on any atom is 0.166 e. The minimum absolute atomic E-state index is 0.00543. The van der Waals surface area contributed by atoms with E-state index < -0.39 is 12.0 Å². The number of aliphatic hydroxyl groups excluding tert-OH is 1. The monoisotopic (exact) mass is 280 g/mol. The summed E-state index contributed by atoms with van der Waals surface area (Å²) >= 11 is 11.9. The third-order valence-electron chi connectivity index (χ3n) is 3.49. The fourth-order valence-corrected chi connectivity index (χ4v) is 3.05. The molecule has 4 heteroatoms. The maximum absolute atomic E-state index is 12.1. The van der Waals surface area contributed by atoms with Crippen LogP contribution >= 0.6 is 23.2 Å². The minimum atomic E-state index is -1.04. The molecule has 1 N–H and O–H groups in total. The Morgan fingerprint density at radius 3 is 2.72 bits per heavy atom. The van der Waals surface area contributed by atoms with Gasteiger partial charge in [-0.3, -0.25) is 4.79 Å². The van der Waals surface area contributed by atoms with Crippen molar-refractivity contribution in [2.75, 3.05) is 0 Å². The van der Waals surface area contributed by atoms with Crippen molar-refractivity contribution in [3.05, 3.63) is 57.7 Å². The predicted molar refractivity (Wildman–Crippen MR) is 71.2 cm³/mol. The van der Waals surface area contributed by atoms with Gasteiger partial charge < -0.3 is 5.11 Å². The normalized spacial score (nSPS) is 33.9. The van der Waals surface area contributed by atoms with Crippen molar-refractivity contribution in [3.63, 3.8) is 0 Å². The lowest BCUT2D eigenvalue weighted by molar-refractivity contribution is -0.119. The van der Waals surface area contributed by atoms with Gasteiger partial charge in [0.1, 0.15) is 6.10 Å². The number of carbonyl (C=O) groups excluding carboxylic acids is 1. The van der Waals surface area contributed by atoms with Crippen molar-refractivity contribution >= 4 is 29.0 Å². The summed E-state index contributed by atoms with van der Waals surface area (Å²) in [5.74, 6) is -0.724. The van der Waals surface area contributed by atoms with Gasteiger partial charge in [0.05, 0.1) is 16.0 Å². The minimum Gasteiger partial charge on any atom is -0.386 e. The standard InChI is InChI=1S/C14H10Cl2O2/c15-10-6-9-8-4-2-1-3-7(8)5-11(17)12(9)14(18)13(10)16/h1-6,8,12,14,18H. The molecule has 0 amide bonds. The van der Waals surface area contributed by atoms with E-state index in [4.69, 9.17) is 23.2 Å². The topological polar surface area (TPSA) is 37.3 Å². The summed E-state index contributed by atoms with van der Waals surface area (Å²) in [6.07, 6.45) is 9.96. The number of hydrogen-bond donors (Lipinski definition) is 1. The van der Waals surface area contributed by atoms with Gasteiger partial charge in [0.2, 0.25) is 0 Å². The summed E-state index contributed by atoms with van der Waals surface area (Å²) in [5.41, 5.74) is 1.75. The van der Waals surface area contributed by atoms with E-state index in [1.165, 1.54) is 0 Å². The van der Waals surface area contributed by atoms with Gasteiger partial charge in [-0.25, -0.2) is 0 Å². The van der Waals surface area contributed by atoms with E-state index in [0.717, 1.165) is 11.1 Å². The molecule has 0 heterocycles. The third-order valence-corrected chi connectivity index (χ3v) is 4.33. The highest BCUT2D eigenvalue weighted by atomic mass is 35.5. The molecule has 0 aliphatic heterocycles. The first-order chi connectivity index (χ1) is 8.59. The summed E-state index contributed by atoms with van der Waals surface area (Å²) in [6, 6.07) is 0. The second kappa shape index (κ2) is 4.23. The van der Waals surface area contributed by atoms with Crippen LogP contribution in [0, 0.1) is 11.8 Å². The number of fused-ring (bicyclic) bond motifs is 3. The smallest absolute Gasteiger partial charge is 0.166 e. The van der Waals surface area contributed by atoms with Crippen molar-refractivity contribution in [1.29, 1.82) is 0 Å². The van der Waals surface area contributed by atoms with E-state index in [1.807, 2.05) is 24.3 Å². The van der Waals surface area contributed by atoms with Crippen LogP contribution in [-0.2, 0) is 4.79 Å². The second-order valence-electron chi connectivity index (χ2n) is 4.53. The molecule has 3 aliphatic rings. The van der Waals surface area contributed by atoms with Gasteiger partial charge in [-0.2, -0.15) is 0 Å². The number of aliphatic hydroxyl groups is 1. The summed E-state index contributed by atoms with van der Waals surface area (Å²) in [4.78, 5) is 12.1. The second-order valence-corrected chi connectivity index (χ2v) is 5.35. The molecular formula is C14H10Cl2O2. The van der Waals surface area contributed by atoms with Crippen LogP contribution in [0.5, 0.6) is 0 Å². The predicted octanol–water partition coefficient (Wildman–Crippen LogP) is 2.84. The summed E-state index contributed by atoms with van der Waals surface area (Å²) < 4.78 is 0. The molecule has 0 spiro atoms. The van der Waals surface area contributed by atoms with Crippen LogP contribution in [0.25, 0.3) is 0 Å². The number of ketones is 1. The van der Waals surface area contributed by atoms with Crippen LogP contribution in [0.2, 0.25) is 0 Å². The maximum atomic E-state index is 12.1. The Kier molecular flexibility index (Phi) is 2.81. The van der Waals surface area contributed by atoms with Gasteiger partial charge in [-0.05, 0) is 23.3 Å². The van der Waals surface area contributed by atoms with Gasteiger partial charge >= 0.3 is 0 Å². The quantitative estimate of drug-likeness (QED) is 0.741. The molecule has 3 rings (SSSR count). The van der Waals surface area contributed by atoms with Crippen molar-refractivity contribution < 1.29 is 9.90 Å². The zero-order valence-corrected chi connectivity index (χ0v) is 10.8. The Bertz CT molecular complexity index is 579. The van der Waals surface area contributed by atoms with E-state index >= 15 is 0 Å². The van der Waals surface area contributed by atoms with E-state index in [0.29, 0.717) is 5.03 Å². The van der Waals surface area contributed by atoms with Crippen LogP contribution in [0.1, 0.15) is 0 Å². The molecular weight excluding hydrogens is 271 g/mol. The van der Waals surface area contributed by atoms with Crippen LogP contribution in [-0.4, -0.2) is 17.0 Å². The summed E-state index contributed by atoms with van der Waals surface area (Å²) in [5, 5.41) is 10.6. The summed E-state index contributed by atoms with van der Waals surface area (Å²) in [6.45, 7) is 0. The lowest BCUT2D eigenvalue weighted by Gasteiger charge is -2.35. The zero-order chi connectivity index (χ0) is 12.9. The number of rotatable bonds is 0. The van der Waals surface area contributed by atoms with Crippen molar-refractivity contribution in [3.8, 4) is 0 Å². The number of halogens is 2. The molecule has 2 nitrogen and oxygen atoms in total. The number of hydrogen-bond acceptors (Lipinski definition) is 2. The van der Waals surface area contributed by atoms with E-state index in [2.05, 4.69) is 0 Å². The first kappa shape index (κ1) is 12.0. The van der Waals surface area contributed by atoms with Gasteiger partial charge in [-0.15, -0.1) is 0 Å². The average Bonchev–Trinajstić information content (AvgIpc) is 2.35. The molecule has 3 atom stereocenters. The Balaban J connectivity index is 2.16. The zero-order valence-electron chi connectivity index (χ0n) is 9.31. The molecule has 0 aromatic rings. The Hall–Kier alpha value is -1.09. The third kappa shape index (κ3) is 1.64. The Morgan fingerprint density at radius 2 is 1.94 bits per heavy atom. The SMILES string of the molecule is O=C1C=C2C=CC=CC2C2=CC(Cl)=C(Cl)C(O)C12. The molecule has 0 fully saturated rings. The number of allylic oxidation sites excluding steroid dienone is 8.